The van der Waals surface area contributed by atoms with Crippen LogP contribution < -0.4 is 5.32 Å². The standard InChI is InChI=1S/C16H15FN2/c1-12-7-15(17)9-16(8-12)19-11-14(10-18)13-5-3-2-4-6-13/h2-9,14,19H,11H2,1H3. The normalized spacial score (nSPS) is 11.6. The second kappa shape index (κ2) is 6.01. The van der Waals surface area contributed by atoms with Crippen molar-refractivity contribution >= 4 is 5.69 Å². The predicted octanol–water partition coefficient (Wildman–Crippen LogP) is 3.85. The van der Waals surface area contributed by atoms with Crippen LogP contribution in [-0.4, -0.2) is 6.54 Å². The molecule has 2 rings (SSSR count). The molecule has 0 spiro atoms. The van der Waals surface area contributed by atoms with Gasteiger partial charge in [-0.3, -0.25) is 0 Å². The van der Waals surface area contributed by atoms with Gasteiger partial charge < -0.3 is 5.32 Å². The molecule has 2 nitrogen and oxygen atoms in total. The van der Waals surface area contributed by atoms with E-state index in [1.165, 1.54) is 12.1 Å². The molecule has 0 fully saturated rings. The highest BCUT2D eigenvalue weighted by molar-refractivity contribution is 5.46. The number of nitriles is 1. The fourth-order valence-electron chi connectivity index (χ4n) is 1.98. The lowest BCUT2D eigenvalue weighted by Gasteiger charge is -2.12. The molecule has 0 saturated carbocycles. The highest BCUT2D eigenvalue weighted by Crippen LogP contribution is 2.18. The van der Waals surface area contributed by atoms with Gasteiger partial charge in [-0.05, 0) is 36.2 Å². The van der Waals surface area contributed by atoms with Gasteiger partial charge in [0.05, 0.1) is 12.0 Å². The van der Waals surface area contributed by atoms with Crippen molar-refractivity contribution in [2.45, 2.75) is 12.8 Å². The van der Waals surface area contributed by atoms with E-state index in [9.17, 15) is 9.65 Å². The summed E-state index contributed by atoms with van der Waals surface area (Å²) in [6, 6.07) is 16.6. The van der Waals surface area contributed by atoms with Crippen LogP contribution in [0.1, 0.15) is 17.0 Å². The van der Waals surface area contributed by atoms with Gasteiger partial charge in [-0.1, -0.05) is 30.3 Å². The van der Waals surface area contributed by atoms with Crippen molar-refractivity contribution in [2.75, 3.05) is 11.9 Å². The number of hydrogen-bond donors (Lipinski definition) is 1. The quantitative estimate of drug-likeness (QED) is 0.899. The third-order valence-corrected chi connectivity index (χ3v) is 2.91. The van der Waals surface area contributed by atoms with Crippen LogP contribution in [0.4, 0.5) is 10.1 Å². The number of aryl methyl sites for hydroxylation is 1. The van der Waals surface area contributed by atoms with Crippen molar-refractivity contribution in [3.8, 4) is 6.07 Å². The Morgan fingerprint density at radius 1 is 1.21 bits per heavy atom. The Morgan fingerprint density at radius 3 is 2.58 bits per heavy atom. The molecule has 0 bridgehead atoms. The number of benzene rings is 2. The highest BCUT2D eigenvalue weighted by atomic mass is 19.1. The first-order chi connectivity index (χ1) is 9.19. The largest absolute Gasteiger partial charge is 0.383 e. The van der Waals surface area contributed by atoms with Crippen LogP contribution in [0.5, 0.6) is 0 Å². The fourth-order valence-corrected chi connectivity index (χ4v) is 1.98. The van der Waals surface area contributed by atoms with Gasteiger partial charge in [-0.15, -0.1) is 0 Å². The summed E-state index contributed by atoms with van der Waals surface area (Å²) in [5.74, 6) is -0.513. The van der Waals surface area contributed by atoms with Crippen LogP contribution >= 0.6 is 0 Å². The first kappa shape index (κ1) is 13.1. The van der Waals surface area contributed by atoms with Crippen molar-refractivity contribution in [1.29, 1.82) is 5.26 Å². The first-order valence-corrected chi connectivity index (χ1v) is 6.14. The van der Waals surface area contributed by atoms with Crippen molar-refractivity contribution < 1.29 is 4.39 Å². The molecule has 3 heteroatoms. The molecular formula is C16H15FN2. The summed E-state index contributed by atoms with van der Waals surface area (Å²) >= 11 is 0. The Bertz CT molecular complexity index is 567. The van der Waals surface area contributed by atoms with Gasteiger partial charge in [0.15, 0.2) is 0 Å². The van der Waals surface area contributed by atoms with E-state index in [0.717, 1.165) is 11.1 Å². The number of hydrogen-bond acceptors (Lipinski definition) is 2. The molecule has 2 aromatic carbocycles. The minimum absolute atomic E-state index is 0.246. The molecule has 0 saturated heterocycles. The van der Waals surface area contributed by atoms with E-state index in [1.54, 1.807) is 0 Å². The Hall–Kier alpha value is -2.34. The van der Waals surface area contributed by atoms with Crippen LogP contribution in [0.3, 0.4) is 0 Å². The molecule has 19 heavy (non-hydrogen) atoms. The summed E-state index contributed by atoms with van der Waals surface area (Å²) in [5, 5.41) is 12.3. The zero-order valence-corrected chi connectivity index (χ0v) is 10.7. The number of nitrogens with zero attached hydrogens (tertiary/aromatic N) is 1. The molecule has 0 radical (unpaired) electrons. The van der Waals surface area contributed by atoms with E-state index in [1.807, 2.05) is 43.3 Å². The van der Waals surface area contributed by atoms with Gasteiger partial charge in [-0.25, -0.2) is 4.39 Å². The number of rotatable bonds is 4. The lowest BCUT2D eigenvalue weighted by atomic mass is 10.0. The molecule has 96 valence electrons. The van der Waals surface area contributed by atoms with Crippen LogP contribution in [0.2, 0.25) is 0 Å². The van der Waals surface area contributed by atoms with Gasteiger partial charge in [0, 0.05) is 12.2 Å². The van der Waals surface area contributed by atoms with Crippen LogP contribution in [0, 0.1) is 24.1 Å². The van der Waals surface area contributed by atoms with E-state index in [4.69, 9.17) is 0 Å². The molecule has 1 unspecified atom stereocenters. The maximum absolute atomic E-state index is 13.3. The monoisotopic (exact) mass is 254 g/mol. The third-order valence-electron chi connectivity index (χ3n) is 2.91. The molecular weight excluding hydrogens is 239 g/mol. The minimum atomic E-state index is -0.268. The number of anilines is 1. The summed E-state index contributed by atoms with van der Waals surface area (Å²) in [7, 11) is 0. The molecule has 0 amide bonds. The van der Waals surface area contributed by atoms with Crippen LogP contribution in [-0.2, 0) is 0 Å². The maximum atomic E-state index is 13.3. The topological polar surface area (TPSA) is 35.8 Å². The van der Waals surface area contributed by atoms with Gasteiger partial charge in [-0.2, -0.15) is 5.26 Å². The van der Waals surface area contributed by atoms with E-state index >= 15 is 0 Å². The van der Waals surface area contributed by atoms with E-state index in [2.05, 4.69) is 11.4 Å². The summed E-state index contributed by atoms with van der Waals surface area (Å²) < 4.78 is 13.3. The van der Waals surface area contributed by atoms with Crippen molar-refractivity contribution in [1.82, 2.24) is 0 Å². The Balaban J connectivity index is 2.07. The highest BCUT2D eigenvalue weighted by Gasteiger charge is 2.09. The van der Waals surface area contributed by atoms with E-state index < -0.39 is 0 Å². The maximum Gasteiger partial charge on any atom is 0.125 e. The summed E-state index contributed by atoms with van der Waals surface area (Å²) in [6.07, 6.45) is 0. The Morgan fingerprint density at radius 2 is 1.95 bits per heavy atom. The lowest BCUT2D eigenvalue weighted by Crippen LogP contribution is -2.11. The number of nitrogens with one attached hydrogen (secondary N) is 1. The summed E-state index contributed by atoms with van der Waals surface area (Å²) in [4.78, 5) is 0. The molecule has 1 atom stereocenters. The molecule has 0 aliphatic rings. The predicted molar refractivity (Wildman–Crippen MR) is 74.4 cm³/mol. The smallest absolute Gasteiger partial charge is 0.125 e. The molecule has 0 aliphatic heterocycles. The van der Waals surface area contributed by atoms with Gasteiger partial charge in [0.2, 0.25) is 0 Å². The average Bonchev–Trinajstić information content (AvgIpc) is 2.39. The Kier molecular flexibility index (Phi) is 4.15. The third kappa shape index (κ3) is 3.56. The lowest BCUT2D eigenvalue weighted by molar-refractivity contribution is 0.627. The Labute approximate surface area is 112 Å². The summed E-state index contributed by atoms with van der Waals surface area (Å²) in [5.41, 5.74) is 2.52. The van der Waals surface area contributed by atoms with Gasteiger partial charge in [0.1, 0.15) is 5.82 Å². The van der Waals surface area contributed by atoms with E-state index in [-0.39, 0.29) is 11.7 Å². The van der Waals surface area contributed by atoms with Crippen molar-refractivity contribution in [3.05, 3.63) is 65.5 Å². The minimum Gasteiger partial charge on any atom is -0.383 e. The first-order valence-electron chi connectivity index (χ1n) is 6.14. The fraction of sp³-hybridized carbons (Fsp3) is 0.188. The second-order valence-corrected chi connectivity index (χ2v) is 4.49. The molecule has 2 aromatic rings. The SMILES string of the molecule is Cc1cc(F)cc(NCC(C#N)c2ccccc2)c1. The summed E-state index contributed by atoms with van der Waals surface area (Å²) in [6.45, 7) is 2.30. The average molecular weight is 254 g/mol. The van der Waals surface area contributed by atoms with Crippen molar-refractivity contribution in [3.63, 3.8) is 0 Å². The van der Waals surface area contributed by atoms with Gasteiger partial charge in [0.25, 0.3) is 0 Å². The van der Waals surface area contributed by atoms with Crippen LogP contribution in [0.25, 0.3) is 0 Å². The van der Waals surface area contributed by atoms with Crippen molar-refractivity contribution in [2.24, 2.45) is 0 Å². The molecule has 0 heterocycles. The second-order valence-electron chi connectivity index (χ2n) is 4.49. The van der Waals surface area contributed by atoms with Gasteiger partial charge >= 0.3 is 0 Å². The van der Waals surface area contributed by atoms with E-state index in [0.29, 0.717) is 12.2 Å². The molecule has 0 aromatic heterocycles. The molecule has 1 N–H and O–H groups in total. The number of halogens is 1. The zero-order valence-electron chi connectivity index (χ0n) is 10.7. The molecule has 0 aliphatic carbocycles. The zero-order chi connectivity index (χ0) is 13.7. The van der Waals surface area contributed by atoms with Crippen LogP contribution in [0.15, 0.2) is 48.5 Å².